The predicted molar refractivity (Wildman–Crippen MR) is 102 cm³/mol. The highest BCUT2D eigenvalue weighted by Crippen LogP contribution is 2.47. The van der Waals surface area contributed by atoms with Gasteiger partial charge in [-0.1, -0.05) is 39.8 Å². The third-order valence-electron chi connectivity index (χ3n) is 5.19. The number of phenols is 2. The van der Waals surface area contributed by atoms with Crippen LogP contribution in [-0.4, -0.2) is 10.2 Å². The van der Waals surface area contributed by atoms with Gasteiger partial charge in [0.2, 0.25) is 0 Å². The summed E-state index contributed by atoms with van der Waals surface area (Å²) in [7, 11) is 0. The normalized spacial score (nSPS) is 11.6. The van der Waals surface area contributed by atoms with E-state index in [1.165, 1.54) is 0 Å². The largest absolute Gasteiger partial charge is 0.507 e. The first-order valence-electron chi connectivity index (χ1n) is 8.74. The molecule has 0 spiro atoms. The summed E-state index contributed by atoms with van der Waals surface area (Å²) in [6, 6.07) is 4.12. The Morgan fingerprint density at radius 1 is 0.625 bits per heavy atom. The molecule has 2 aromatic carbocycles. The Kier molecular flexibility index (Phi) is 4.98. The SMILES string of the molecule is Cc1cc(C(C)C)c(O)c(-c2c(C)c(C)cc(C(C)C)c2O)c1C. The summed E-state index contributed by atoms with van der Waals surface area (Å²) < 4.78 is 0. The summed E-state index contributed by atoms with van der Waals surface area (Å²) in [5, 5.41) is 22.0. The van der Waals surface area contributed by atoms with Gasteiger partial charge in [0.15, 0.2) is 0 Å². The highest BCUT2D eigenvalue weighted by atomic mass is 16.3. The van der Waals surface area contributed by atoms with Gasteiger partial charge in [-0.25, -0.2) is 0 Å². The maximum atomic E-state index is 11.0. The van der Waals surface area contributed by atoms with E-state index in [-0.39, 0.29) is 11.8 Å². The lowest BCUT2D eigenvalue weighted by Gasteiger charge is -2.23. The molecule has 0 bridgehead atoms. The van der Waals surface area contributed by atoms with E-state index in [2.05, 4.69) is 53.7 Å². The molecule has 0 unspecified atom stereocenters. The van der Waals surface area contributed by atoms with Gasteiger partial charge >= 0.3 is 0 Å². The number of benzene rings is 2. The topological polar surface area (TPSA) is 40.5 Å². The van der Waals surface area contributed by atoms with Crippen LogP contribution in [-0.2, 0) is 0 Å². The fraction of sp³-hybridized carbons (Fsp3) is 0.455. The van der Waals surface area contributed by atoms with Crippen LogP contribution < -0.4 is 0 Å². The molecule has 0 aliphatic carbocycles. The van der Waals surface area contributed by atoms with Crippen molar-refractivity contribution < 1.29 is 10.2 Å². The number of hydrogen-bond donors (Lipinski definition) is 2. The molecule has 130 valence electrons. The molecule has 0 aliphatic rings. The molecule has 2 rings (SSSR count). The van der Waals surface area contributed by atoms with Crippen LogP contribution in [0.15, 0.2) is 12.1 Å². The molecule has 2 heteroatoms. The van der Waals surface area contributed by atoms with Crippen molar-refractivity contribution >= 4 is 0 Å². The minimum absolute atomic E-state index is 0.222. The smallest absolute Gasteiger partial charge is 0.127 e. The Bertz CT molecular complexity index is 716. The maximum Gasteiger partial charge on any atom is 0.127 e. The van der Waals surface area contributed by atoms with Crippen LogP contribution in [0.5, 0.6) is 11.5 Å². The van der Waals surface area contributed by atoms with E-state index in [0.717, 1.165) is 44.5 Å². The van der Waals surface area contributed by atoms with Crippen molar-refractivity contribution in [3.8, 4) is 22.6 Å². The van der Waals surface area contributed by atoms with E-state index in [9.17, 15) is 10.2 Å². The highest BCUT2D eigenvalue weighted by Gasteiger charge is 2.23. The lowest BCUT2D eigenvalue weighted by molar-refractivity contribution is 0.457. The highest BCUT2D eigenvalue weighted by molar-refractivity contribution is 5.84. The zero-order valence-corrected chi connectivity index (χ0v) is 16.2. The van der Waals surface area contributed by atoms with Gasteiger partial charge in [-0.3, -0.25) is 0 Å². The Morgan fingerprint density at radius 2 is 0.917 bits per heavy atom. The van der Waals surface area contributed by atoms with Crippen LogP contribution in [0.2, 0.25) is 0 Å². The maximum absolute atomic E-state index is 11.0. The zero-order valence-electron chi connectivity index (χ0n) is 16.2. The number of phenolic OH excluding ortho intramolecular Hbond substituents is 2. The summed E-state index contributed by atoms with van der Waals surface area (Å²) in [6.07, 6.45) is 0. The molecule has 0 fully saturated rings. The van der Waals surface area contributed by atoms with E-state index in [4.69, 9.17) is 0 Å². The zero-order chi connectivity index (χ0) is 18.3. The van der Waals surface area contributed by atoms with Crippen LogP contribution in [0.25, 0.3) is 11.1 Å². The van der Waals surface area contributed by atoms with Crippen molar-refractivity contribution in [1.29, 1.82) is 0 Å². The summed E-state index contributed by atoms with van der Waals surface area (Å²) in [5.41, 5.74) is 7.74. The molecule has 2 aromatic rings. The third kappa shape index (κ3) is 2.90. The molecule has 0 aromatic heterocycles. The van der Waals surface area contributed by atoms with Gasteiger partial charge < -0.3 is 10.2 Å². The molecule has 0 saturated heterocycles. The second kappa shape index (κ2) is 6.51. The van der Waals surface area contributed by atoms with Crippen molar-refractivity contribution in [2.75, 3.05) is 0 Å². The van der Waals surface area contributed by atoms with E-state index in [1.54, 1.807) is 0 Å². The van der Waals surface area contributed by atoms with Crippen LogP contribution >= 0.6 is 0 Å². The van der Waals surface area contributed by atoms with Crippen molar-refractivity contribution in [2.45, 2.75) is 67.2 Å². The molecule has 2 N–H and O–H groups in total. The molecule has 0 heterocycles. The Balaban J connectivity index is 2.97. The van der Waals surface area contributed by atoms with Crippen molar-refractivity contribution in [1.82, 2.24) is 0 Å². The van der Waals surface area contributed by atoms with Gasteiger partial charge in [0.25, 0.3) is 0 Å². The minimum atomic E-state index is 0.222. The average molecular weight is 326 g/mol. The van der Waals surface area contributed by atoms with Crippen LogP contribution in [0.1, 0.15) is 72.9 Å². The monoisotopic (exact) mass is 326 g/mol. The lowest BCUT2D eigenvalue weighted by Crippen LogP contribution is -2.01. The second-order valence-electron chi connectivity index (χ2n) is 7.57. The quantitative estimate of drug-likeness (QED) is 0.700. The summed E-state index contributed by atoms with van der Waals surface area (Å²) in [5.74, 6) is 1.04. The minimum Gasteiger partial charge on any atom is -0.507 e. The first kappa shape index (κ1) is 18.4. The van der Waals surface area contributed by atoms with Crippen LogP contribution in [0.3, 0.4) is 0 Å². The fourth-order valence-electron chi connectivity index (χ4n) is 3.35. The van der Waals surface area contributed by atoms with E-state index in [1.807, 2.05) is 13.8 Å². The van der Waals surface area contributed by atoms with Gasteiger partial charge in [0.1, 0.15) is 11.5 Å². The predicted octanol–water partition coefficient (Wildman–Crippen LogP) is 6.25. The van der Waals surface area contributed by atoms with Gasteiger partial charge in [0.05, 0.1) is 0 Å². The summed E-state index contributed by atoms with van der Waals surface area (Å²) in [4.78, 5) is 0. The van der Waals surface area contributed by atoms with Crippen molar-refractivity contribution in [2.24, 2.45) is 0 Å². The molecule has 0 amide bonds. The first-order valence-corrected chi connectivity index (χ1v) is 8.74. The second-order valence-corrected chi connectivity index (χ2v) is 7.57. The average Bonchev–Trinajstić information content (AvgIpc) is 2.49. The van der Waals surface area contributed by atoms with E-state index in [0.29, 0.717) is 11.5 Å². The van der Waals surface area contributed by atoms with E-state index >= 15 is 0 Å². The lowest BCUT2D eigenvalue weighted by atomic mass is 9.84. The molecule has 2 nitrogen and oxygen atoms in total. The van der Waals surface area contributed by atoms with Crippen molar-refractivity contribution in [3.63, 3.8) is 0 Å². The van der Waals surface area contributed by atoms with Crippen LogP contribution in [0.4, 0.5) is 0 Å². The molecule has 0 radical (unpaired) electrons. The fourth-order valence-corrected chi connectivity index (χ4v) is 3.35. The molecular weight excluding hydrogens is 296 g/mol. The van der Waals surface area contributed by atoms with Crippen LogP contribution in [0, 0.1) is 27.7 Å². The molecular formula is C22H30O2. The van der Waals surface area contributed by atoms with E-state index < -0.39 is 0 Å². The number of hydrogen-bond acceptors (Lipinski definition) is 2. The first-order chi connectivity index (χ1) is 11.1. The third-order valence-corrected chi connectivity index (χ3v) is 5.19. The van der Waals surface area contributed by atoms with Crippen molar-refractivity contribution in [3.05, 3.63) is 45.5 Å². The number of rotatable bonds is 3. The Morgan fingerprint density at radius 3 is 1.17 bits per heavy atom. The van der Waals surface area contributed by atoms with Gasteiger partial charge in [-0.2, -0.15) is 0 Å². The molecule has 0 saturated carbocycles. The van der Waals surface area contributed by atoms with Gasteiger partial charge in [-0.15, -0.1) is 0 Å². The number of aromatic hydroxyl groups is 2. The standard InChI is InChI=1S/C22H30O2/c1-11(2)17-9-13(5)15(7)19(21(17)23)20-16(8)14(6)10-18(12(3)4)22(20)24/h9-12,23-24H,1-8H3. The summed E-state index contributed by atoms with van der Waals surface area (Å²) in [6.45, 7) is 16.5. The Labute approximate surface area is 146 Å². The molecule has 24 heavy (non-hydrogen) atoms. The summed E-state index contributed by atoms with van der Waals surface area (Å²) >= 11 is 0. The molecule has 0 atom stereocenters. The molecule has 0 aliphatic heterocycles. The number of aryl methyl sites for hydroxylation is 2. The van der Waals surface area contributed by atoms with Gasteiger partial charge in [0, 0.05) is 11.1 Å². The Hall–Kier alpha value is -1.96. The van der Waals surface area contributed by atoms with Gasteiger partial charge in [-0.05, 0) is 72.9 Å².